The van der Waals surface area contributed by atoms with Crippen molar-refractivity contribution in [2.75, 3.05) is 7.11 Å². The van der Waals surface area contributed by atoms with E-state index in [0.29, 0.717) is 5.02 Å². The number of methoxy groups -OCH3 is 1. The molecule has 27 heavy (non-hydrogen) atoms. The molecule has 0 bridgehead atoms. The van der Waals surface area contributed by atoms with Crippen LogP contribution in [0.5, 0.6) is 5.75 Å². The van der Waals surface area contributed by atoms with Gasteiger partial charge in [-0.05, 0) is 42.8 Å². The number of fused-ring (bicyclic) bond motifs is 1. The van der Waals surface area contributed by atoms with E-state index in [1.807, 2.05) is 79.7 Å². The first kappa shape index (κ1) is 17.4. The van der Waals surface area contributed by atoms with Crippen LogP contribution in [0.1, 0.15) is 5.56 Å². The Morgan fingerprint density at radius 1 is 0.926 bits per heavy atom. The van der Waals surface area contributed by atoms with Crippen LogP contribution in [0.15, 0.2) is 82.2 Å². The maximum atomic E-state index is 6.27. The van der Waals surface area contributed by atoms with Crippen molar-refractivity contribution >= 4 is 28.3 Å². The number of hydrogen-bond acceptors (Lipinski definition) is 3. The van der Waals surface area contributed by atoms with Crippen molar-refractivity contribution in [2.24, 2.45) is 4.99 Å². The summed E-state index contributed by atoms with van der Waals surface area (Å²) >= 11 is 6.27. The smallest absolute Gasteiger partial charge is 0.137 e. The molecule has 0 fully saturated rings. The second kappa shape index (κ2) is 7.29. The average molecular weight is 376 g/mol. The molecular weight excluding hydrogens is 358 g/mol. The summed E-state index contributed by atoms with van der Waals surface area (Å²) in [6.07, 6.45) is 0. The zero-order valence-corrected chi connectivity index (χ0v) is 15.8. The molecule has 1 heterocycles. The molecule has 0 aliphatic heterocycles. The molecule has 3 aromatic carbocycles. The van der Waals surface area contributed by atoms with Gasteiger partial charge in [0.05, 0.1) is 18.2 Å². The van der Waals surface area contributed by atoms with Crippen molar-refractivity contribution in [2.45, 2.75) is 6.92 Å². The highest BCUT2D eigenvalue weighted by Crippen LogP contribution is 2.27. The highest BCUT2D eigenvalue weighted by atomic mass is 35.5. The molecule has 0 amide bonds. The van der Waals surface area contributed by atoms with Crippen LogP contribution >= 0.6 is 11.6 Å². The lowest BCUT2D eigenvalue weighted by Crippen LogP contribution is -2.04. The van der Waals surface area contributed by atoms with Crippen LogP contribution in [0, 0.1) is 6.92 Å². The maximum Gasteiger partial charge on any atom is 0.137 e. The van der Waals surface area contributed by atoms with Crippen molar-refractivity contribution in [3.05, 3.63) is 88.7 Å². The van der Waals surface area contributed by atoms with E-state index in [1.165, 1.54) is 0 Å². The molecule has 0 N–H and O–H groups in total. The third kappa shape index (κ3) is 3.46. The van der Waals surface area contributed by atoms with Gasteiger partial charge < -0.3 is 9.15 Å². The summed E-state index contributed by atoms with van der Waals surface area (Å²) in [5, 5.41) is 2.38. The molecule has 0 saturated carbocycles. The quantitative estimate of drug-likeness (QED) is 0.421. The van der Waals surface area contributed by atoms with Gasteiger partial charge in [-0.2, -0.15) is 0 Å². The van der Waals surface area contributed by atoms with Gasteiger partial charge in [0.25, 0.3) is 0 Å². The first-order valence-corrected chi connectivity index (χ1v) is 9.00. The topological polar surface area (TPSA) is 34.7 Å². The molecule has 3 nitrogen and oxygen atoms in total. The number of ether oxygens (including phenoxy) is 1. The van der Waals surface area contributed by atoms with Crippen LogP contribution < -0.4 is 10.1 Å². The minimum Gasteiger partial charge on any atom is -0.497 e. The number of benzene rings is 3. The third-order valence-electron chi connectivity index (χ3n) is 4.49. The fourth-order valence-corrected chi connectivity index (χ4v) is 3.13. The van der Waals surface area contributed by atoms with Crippen molar-refractivity contribution in [1.82, 2.24) is 0 Å². The van der Waals surface area contributed by atoms with Crippen molar-refractivity contribution in [1.29, 1.82) is 0 Å². The largest absolute Gasteiger partial charge is 0.497 e. The van der Waals surface area contributed by atoms with Gasteiger partial charge in [-0.1, -0.05) is 48.0 Å². The van der Waals surface area contributed by atoms with Gasteiger partial charge in [-0.15, -0.1) is 0 Å². The molecule has 134 valence electrons. The summed E-state index contributed by atoms with van der Waals surface area (Å²) in [6, 6.07) is 23.4. The minimum absolute atomic E-state index is 0.696. The molecule has 4 rings (SSSR count). The van der Waals surface area contributed by atoms with E-state index < -0.39 is 0 Å². The molecule has 0 aliphatic rings. The Kier molecular flexibility index (Phi) is 4.69. The molecular formula is C23H18ClNO2. The number of nitrogens with zero attached hydrogens (tertiary/aromatic N) is 1. The van der Waals surface area contributed by atoms with E-state index in [-0.39, 0.29) is 0 Å². The molecule has 4 heteroatoms. The van der Waals surface area contributed by atoms with E-state index in [1.54, 1.807) is 7.11 Å². The molecule has 0 aliphatic carbocycles. The lowest BCUT2D eigenvalue weighted by atomic mass is 10.1. The lowest BCUT2D eigenvalue weighted by Gasteiger charge is -2.08. The fourth-order valence-electron chi connectivity index (χ4n) is 2.96. The average Bonchev–Trinajstić information content (AvgIpc) is 2.71. The summed E-state index contributed by atoms with van der Waals surface area (Å²) in [6.45, 7) is 1.97. The summed E-state index contributed by atoms with van der Waals surface area (Å²) < 4.78 is 11.5. The van der Waals surface area contributed by atoms with Gasteiger partial charge in [0.2, 0.25) is 0 Å². The Morgan fingerprint density at radius 3 is 2.52 bits per heavy atom. The summed E-state index contributed by atoms with van der Waals surface area (Å²) in [7, 11) is 1.65. The summed E-state index contributed by atoms with van der Waals surface area (Å²) in [4.78, 5) is 4.89. The van der Waals surface area contributed by atoms with Gasteiger partial charge in [-0.25, -0.2) is 4.99 Å². The predicted octanol–water partition coefficient (Wildman–Crippen LogP) is 6.30. The van der Waals surface area contributed by atoms with Gasteiger partial charge in [-0.3, -0.25) is 0 Å². The van der Waals surface area contributed by atoms with Gasteiger partial charge in [0.1, 0.15) is 17.1 Å². The Balaban J connectivity index is 2.04. The Hall–Kier alpha value is -3.04. The first-order chi connectivity index (χ1) is 13.2. The van der Waals surface area contributed by atoms with Gasteiger partial charge in [0, 0.05) is 22.0 Å². The second-order valence-electron chi connectivity index (χ2n) is 6.22. The Morgan fingerprint density at radius 2 is 1.74 bits per heavy atom. The Labute approximate surface area is 162 Å². The third-order valence-corrected chi connectivity index (χ3v) is 4.90. The summed E-state index contributed by atoms with van der Waals surface area (Å²) in [5.41, 5.74) is 3.51. The zero-order valence-electron chi connectivity index (χ0n) is 15.1. The van der Waals surface area contributed by atoms with Gasteiger partial charge >= 0.3 is 0 Å². The maximum absolute atomic E-state index is 6.27. The van der Waals surface area contributed by atoms with Crippen LogP contribution in [0.2, 0.25) is 5.02 Å². The number of hydrogen-bond donors (Lipinski definition) is 0. The zero-order chi connectivity index (χ0) is 18.8. The molecule has 0 saturated heterocycles. The van der Waals surface area contributed by atoms with Crippen molar-refractivity contribution in [3.8, 4) is 17.1 Å². The molecule has 0 unspecified atom stereocenters. The van der Waals surface area contributed by atoms with E-state index in [9.17, 15) is 0 Å². The SMILES string of the molecule is COc1ccc2oc(-c3ccccc3)cc(=Nc3cccc(Cl)c3C)c2c1. The van der Waals surface area contributed by atoms with Crippen molar-refractivity contribution in [3.63, 3.8) is 0 Å². The van der Waals surface area contributed by atoms with Crippen LogP contribution in [-0.4, -0.2) is 7.11 Å². The predicted molar refractivity (Wildman–Crippen MR) is 110 cm³/mol. The van der Waals surface area contributed by atoms with Crippen molar-refractivity contribution < 1.29 is 9.15 Å². The van der Waals surface area contributed by atoms with E-state index in [4.69, 9.17) is 25.7 Å². The normalized spacial score (nSPS) is 11.7. The Bertz CT molecular complexity index is 1180. The molecule has 4 aromatic rings. The van der Waals surface area contributed by atoms with E-state index in [2.05, 4.69) is 0 Å². The molecule has 1 aromatic heterocycles. The van der Waals surface area contributed by atoms with Crippen LogP contribution in [0.4, 0.5) is 5.69 Å². The molecule has 0 atom stereocenters. The van der Waals surface area contributed by atoms with Crippen LogP contribution in [0.3, 0.4) is 0 Å². The highest BCUT2D eigenvalue weighted by Gasteiger charge is 2.08. The molecule has 0 spiro atoms. The molecule has 0 radical (unpaired) electrons. The van der Waals surface area contributed by atoms with E-state index in [0.717, 1.165) is 44.7 Å². The highest BCUT2D eigenvalue weighted by molar-refractivity contribution is 6.31. The lowest BCUT2D eigenvalue weighted by molar-refractivity contribution is 0.415. The van der Waals surface area contributed by atoms with E-state index >= 15 is 0 Å². The first-order valence-electron chi connectivity index (χ1n) is 8.63. The number of rotatable bonds is 3. The second-order valence-corrected chi connectivity index (χ2v) is 6.63. The number of halogens is 1. The standard InChI is InChI=1S/C23H18ClNO2/c1-15-19(24)9-6-10-20(15)25-21-14-23(16-7-4-3-5-8-16)27-22-12-11-17(26-2)13-18(21)22/h3-14H,1-2H3. The van der Waals surface area contributed by atoms with Gasteiger partial charge in [0.15, 0.2) is 0 Å². The monoisotopic (exact) mass is 375 g/mol. The van der Waals surface area contributed by atoms with Crippen LogP contribution in [-0.2, 0) is 0 Å². The van der Waals surface area contributed by atoms with Crippen LogP contribution in [0.25, 0.3) is 22.3 Å². The summed E-state index contributed by atoms with van der Waals surface area (Å²) in [5.74, 6) is 1.51. The minimum atomic E-state index is 0.696. The fraction of sp³-hybridized carbons (Fsp3) is 0.0870.